The molecule has 3 atom stereocenters. The van der Waals surface area contributed by atoms with Gasteiger partial charge in [-0.3, -0.25) is 4.98 Å². The molecular weight excluding hydrogens is 431 g/mol. The van der Waals surface area contributed by atoms with E-state index in [1.54, 1.807) is 19.2 Å². The SMILES string of the molecule is Cc1cnc(C2CC([C@H]3CC[C@H](NS(C)(=O)=O)C3)=NO2)c(-c2c(F)cc(F)cc2F)c1. The second kappa shape index (κ2) is 8.23. The van der Waals surface area contributed by atoms with Gasteiger partial charge in [0, 0.05) is 42.3 Å². The smallest absolute Gasteiger partial charge is 0.208 e. The second-order valence-corrected chi connectivity index (χ2v) is 9.95. The lowest BCUT2D eigenvalue weighted by atomic mass is 9.93. The third-order valence-electron chi connectivity index (χ3n) is 5.61. The fraction of sp³-hybridized carbons (Fsp3) is 0.429. The van der Waals surface area contributed by atoms with Gasteiger partial charge in [-0.25, -0.2) is 26.3 Å². The first kappa shape index (κ1) is 21.8. The molecule has 2 aliphatic rings. The summed E-state index contributed by atoms with van der Waals surface area (Å²) in [6.07, 6.45) is 4.50. The van der Waals surface area contributed by atoms with Gasteiger partial charge < -0.3 is 4.84 Å². The number of rotatable bonds is 5. The molecule has 1 N–H and O–H groups in total. The third-order valence-corrected chi connectivity index (χ3v) is 6.37. The number of pyridine rings is 1. The zero-order valence-corrected chi connectivity index (χ0v) is 17.8. The molecule has 1 fully saturated rings. The number of sulfonamides is 1. The van der Waals surface area contributed by atoms with Gasteiger partial charge in [0.15, 0.2) is 6.10 Å². The van der Waals surface area contributed by atoms with Crippen LogP contribution in [0.4, 0.5) is 13.2 Å². The molecule has 2 heterocycles. The lowest BCUT2D eigenvalue weighted by Gasteiger charge is -2.16. The molecule has 6 nitrogen and oxygen atoms in total. The Hall–Kier alpha value is -2.46. The van der Waals surface area contributed by atoms with Gasteiger partial charge in [-0.15, -0.1) is 0 Å². The molecule has 0 saturated heterocycles. The van der Waals surface area contributed by atoms with Crippen LogP contribution in [0.1, 0.15) is 43.0 Å². The number of hydrogen-bond acceptors (Lipinski definition) is 5. The summed E-state index contributed by atoms with van der Waals surface area (Å²) >= 11 is 0. The quantitative estimate of drug-likeness (QED) is 0.742. The lowest BCUT2D eigenvalue weighted by Crippen LogP contribution is -2.32. The topological polar surface area (TPSA) is 80.7 Å². The maximum atomic E-state index is 14.5. The van der Waals surface area contributed by atoms with Crippen LogP contribution in [-0.2, 0) is 14.9 Å². The van der Waals surface area contributed by atoms with E-state index < -0.39 is 33.6 Å². The number of hydrogen-bond donors (Lipinski definition) is 1. The van der Waals surface area contributed by atoms with Gasteiger partial charge in [0.25, 0.3) is 0 Å². The Kier molecular flexibility index (Phi) is 5.78. The summed E-state index contributed by atoms with van der Waals surface area (Å²) in [4.78, 5) is 9.92. The van der Waals surface area contributed by atoms with Crippen molar-refractivity contribution in [1.82, 2.24) is 9.71 Å². The zero-order chi connectivity index (χ0) is 22.3. The van der Waals surface area contributed by atoms with E-state index in [9.17, 15) is 21.6 Å². The lowest BCUT2D eigenvalue weighted by molar-refractivity contribution is 0.0829. The number of oxime groups is 1. The first-order valence-corrected chi connectivity index (χ1v) is 11.8. The largest absolute Gasteiger partial charge is 0.386 e. The first-order chi connectivity index (χ1) is 14.6. The Balaban J connectivity index is 1.57. The normalized spacial score (nSPS) is 23.6. The van der Waals surface area contributed by atoms with E-state index in [4.69, 9.17) is 4.84 Å². The maximum Gasteiger partial charge on any atom is 0.208 e. The van der Waals surface area contributed by atoms with Crippen molar-refractivity contribution in [3.05, 3.63) is 53.1 Å². The Morgan fingerprint density at radius 1 is 1.13 bits per heavy atom. The average Bonchev–Trinajstić information content (AvgIpc) is 3.29. The summed E-state index contributed by atoms with van der Waals surface area (Å²) in [5, 5.41) is 4.17. The molecule has 10 heteroatoms. The Bertz CT molecular complexity index is 1130. The first-order valence-electron chi connectivity index (χ1n) is 9.92. The van der Waals surface area contributed by atoms with Crippen molar-refractivity contribution in [1.29, 1.82) is 0 Å². The number of halogens is 3. The summed E-state index contributed by atoms with van der Waals surface area (Å²) < 4.78 is 67.9. The van der Waals surface area contributed by atoms with Crippen molar-refractivity contribution in [3.63, 3.8) is 0 Å². The highest BCUT2D eigenvalue weighted by Crippen LogP contribution is 2.39. The third kappa shape index (κ3) is 4.74. The minimum atomic E-state index is -3.29. The fourth-order valence-electron chi connectivity index (χ4n) is 4.31. The van der Waals surface area contributed by atoms with E-state index in [1.807, 2.05) is 0 Å². The molecule has 0 radical (unpaired) electrons. The highest BCUT2D eigenvalue weighted by molar-refractivity contribution is 7.88. The summed E-state index contributed by atoms with van der Waals surface area (Å²) in [6, 6.07) is 2.70. The molecule has 1 unspecified atom stereocenters. The van der Waals surface area contributed by atoms with Crippen LogP contribution in [0.25, 0.3) is 11.1 Å². The molecule has 1 saturated carbocycles. The summed E-state index contributed by atoms with van der Waals surface area (Å²) in [6.45, 7) is 1.74. The van der Waals surface area contributed by atoms with E-state index in [0.29, 0.717) is 42.7 Å². The number of aryl methyl sites for hydroxylation is 1. The van der Waals surface area contributed by atoms with Crippen LogP contribution in [0, 0.1) is 30.3 Å². The van der Waals surface area contributed by atoms with Gasteiger partial charge >= 0.3 is 0 Å². The van der Waals surface area contributed by atoms with Crippen LogP contribution in [0.5, 0.6) is 0 Å². The van der Waals surface area contributed by atoms with Crippen LogP contribution < -0.4 is 4.72 Å². The number of nitrogens with one attached hydrogen (secondary N) is 1. The van der Waals surface area contributed by atoms with Gasteiger partial charge in [0.2, 0.25) is 10.0 Å². The average molecular weight is 453 g/mol. The van der Waals surface area contributed by atoms with Gasteiger partial charge in [-0.05, 0) is 37.8 Å². The summed E-state index contributed by atoms with van der Waals surface area (Å²) in [5.41, 5.74) is 1.61. The van der Waals surface area contributed by atoms with Crippen LogP contribution in [0.3, 0.4) is 0 Å². The van der Waals surface area contributed by atoms with Crippen LogP contribution in [0.2, 0.25) is 0 Å². The molecule has 31 heavy (non-hydrogen) atoms. The van der Waals surface area contributed by atoms with Gasteiger partial charge in [-0.2, -0.15) is 0 Å². The second-order valence-electron chi connectivity index (χ2n) is 8.17. The Morgan fingerprint density at radius 3 is 2.52 bits per heavy atom. The predicted octanol–water partition coefficient (Wildman–Crippen LogP) is 4.01. The predicted molar refractivity (Wildman–Crippen MR) is 109 cm³/mol. The highest BCUT2D eigenvalue weighted by atomic mass is 32.2. The van der Waals surface area contributed by atoms with Crippen LogP contribution in [-0.4, -0.2) is 31.4 Å². The zero-order valence-electron chi connectivity index (χ0n) is 17.0. The van der Waals surface area contributed by atoms with E-state index in [2.05, 4.69) is 14.9 Å². The van der Waals surface area contributed by atoms with Gasteiger partial charge in [0.05, 0.1) is 23.2 Å². The number of benzene rings is 1. The Morgan fingerprint density at radius 2 is 1.84 bits per heavy atom. The highest BCUT2D eigenvalue weighted by Gasteiger charge is 2.36. The fourth-order valence-corrected chi connectivity index (χ4v) is 5.13. The Labute approximate surface area is 178 Å². The molecule has 0 spiro atoms. The standard InChI is InChI=1S/C21H22F3N3O3S/c1-11-5-15(20-16(23)7-13(22)8-17(20)24)21(25-10-11)19-9-18(26-30-19)12-3-4-14(6-12)27-31(2,28)29/h5,7-8,10,12,14,19,27H,3-4,6,9H2,1-2H3/t12-,14-,19?/m0/s1. The molecule has 1 aliphatic heterocycles. The van der Waals surface area contributed by atoms with Crippen molar-refractivity contribution in [2.75, 3.05) is 6.26 Å². The van der Waals surface area contributed by atoms with E-state index in [-0.39, 0.29) is 23.1 Å². The maximum absolute atomic E-state index is 14.5. The summed E-state index contributed by atoms with van der Waals surface area (Å²) in [7, 11) is -3.29. The van der Waals surface area contributed by atoms with Crippen molar-refractivity contribution in [2.45, 2.75) is 44.8 Å². The molecule has 2 aromatic rings. The minimum absolute atomic E-state index is 0.0532. The van der Waals surface area contributed by atoms with Crippen molar-refractivity contribution >= 4 is 15.7 Å². The van der Waals surface area contributed by atoms with E-state index in [0.717, 1.165) is 18.4 Å². The molecule has 166 valence electrons. The van der Waals surface area contributed by atoms with E-state index >= 15 is 0 Å². The van der Waals surface area contributed by atoms with Crippen molar-refractivity contribution in [3.8, 4) is 11.1 Å². The molecule has 1 aliphatic carbocycles. The molecule has 1 aromatic heterocycles. The van der Waals surface area contributed by atoms with Gasteiger partial charge in [0.1, 0.15) is 17.5 Å². The molecular formula is C21H22F3N3O3S. The van der Waals surface area contributed by atoms with Crippen LogP contribution >= 0.6 is 0 Å². The van der Waals surface area contributed by atoms with Gasteiger partial charge in [-0.1, -0.05) is 5.16 Å². The number of nitrogens with zero attached hydrogens (tertiary/aromatic N) is 2. The molecule has 4 rings (SSSR count). The van der Waals surface area contributed by atoms with Crippen molar-refractivity contribution in [2.24, 2.45) is 11.1 Å². The van der Waals surface area contributed by atoms with E-state index in [1.165, 1.54) is 0 Å². The van der Waals surface area contributed by atoms with Crippen molar-refractivity contribution < 1.29 is 26.4 Å². The monoisotopic (exact) mass is 453 g/mol. The molecule has 0 bridgehead atoms. The number of aromatic nitrogens is 1. The molecule has 0 amide bonds. The van der Waals surface area contributed by atoms with Crippen LogP contribution in [0.15, 0.2) is 29.6 Å². The minimum Gasteiger partial charge on any atom is -0.386 e. The molecule has 1 aromatic carbocycles. The summed E-state index contributed by atoms with van der Waals surface area (Å²) in [5.74, 6) is -2.98.